The van der Waals surface area contributed by atoms with Crippen molar-refractivity contribution in [2.24, 2.45) is 0 Å². The SMILES string of the molecule is CC(C)Oc1ccc(/C(O)=C2\C(=O)C(=O)N(CCN3CCOCC3)[C@H]2c2cccs2)cc1. The Bertz CT molecular complexity index is 978. The average Bonchev–Trinajstić information content (AvgIpc) is 3.40. The number of hydrogen-bond acceptors (Lipinski definition) is 7. The van der Waals surface area contributed by atoms with Crippen molar-refractivity contribution in [1.82, 2.24) is 9.80 Å². The smallest absolute Gasteiger partial charge is 0.295 e. The minimum Gasteiger partial charge on any atom is -0.507 e. The van der Waals surface area contributed by atoms with E-state index in [1.165, 1.54) is 11.3 Å². The summed E-state index contributed by atoms with van der Waals surface area (Å²) in [6.07, 6.45) is 0.0325. The Morgan fingerprint density at radius 3 is 2.50 bits per heavy atom. The fraction of sp³-hybridized carbons (Fsp3) is 0.417. The molecule has 1 atom stereocenters. The second-order valence-electron chi connectivity index (χ2n) is 8.15. The zero-order chi connectivity index (χ0) is 22.7. The largest absolute Gasteiger partial charge is 0.507 e. The summed E-state index contributed by atoms with van der Waals surface area (Å²) in [6.45, 7) is 7.88. The van der Waals surface area contributed by atoms with E-state index in [2.05, 4.69) is 4.90 Å². The number of hydrogen-bond donors (Lipinski definition) is 1. The van der Waals surface area contributed by atoms with Crippen LogP contribution in [0.3, 0.4) is 0 Å². The Morgan fingerprint density at radius 2 is 1.88 bits per heavy atom. The van der Waals surface area contributed by atoms with Gasteiger partial charge in [0.25, 0.3) is 11.7 Å². The minimum absolute atomic E-state index is 0.0325. The second-order valence-corrected chi connectivity index (χ2v) is 9.13. The minimum atomic E-state index is -0.648. The third kappa shape index (κ3) is 4.72. The molecule has 2 saturated heterocycles. The lowest BCUT2D eigenvalue weighted by Gasteiger charge is -2.30. The molecule has 0 bridgehead atoms. The summed E-state index contributed by atoms with van der Waals surface area (Å²) in [5.41, 5.74) is 0.616. The Balaban J connectivity index is 1.64. The van der Waals surface area contributed by atoms with E-state index in [1.807, 2.05) is 31.4 Å². The number of likely N-dealkylation sites (tertiary alicyclic amines) is 1. The number of ketones is 1. The zero-order valence-corrected chi connectivity index (χ0v) is 19.1. The number of rotatable bonds is 7. The van der Waals surface area contributed by atoms with Gasteiger partial charge in [-0.25, -0.2) is 0 Å². The fourth-order valence-corrected chi connectivity index (χ4v) is 4.89. The van der Waals surface area contributed by atoms with E-state index in [0.29, 0.717) is 37.6 Å². The first-order valence-corrected chi connectivity index (χ1v) is 11.7. The molecule has 2 fully saturated rings. The first-order chi connectivity index (χ1) is 15.5. The van der Waals surface area contributed by atoms with Crippen molar-refractivity contribution in [3.63, 3.8) is 0 Å². The van der Waals surface area contributed by atoms with Crippen LogP contribution in [0.4, 0.5) is 0 Å². The lowest BCUT2D eigenvalue weighted by molar-refractivity contribution is -0.140. The van der Waals surface area contributed by atoms with Crippen LogP contribution in [0, 0.1) is 0 Å². The molecule has 3 heterocycles. The number of carbonyl (C=O) groups excluding carboxylic acids is 2. The van der Waals surface area contributed by atoms with Crippen molar-refractivity contribution in [2.75, 3.05) is 39.4 Å². The van der Waals surface area contributed by atoms with Crippen LogP contribution in [-0.2, 0) is 14.3 Å². The molecule has 2 aromatic rings. The Hall–Kier alpha value is -2.68. The van der Waals surface area contributed by atoms with Crippen molar-refractivity contribution in [1.29, 1.82) is 0 Å². The summed E-state index contributed by atoms with van der Waals surface area (Å²) in [6, 6.07) is 10.1. The molecule has 1 amide bonds. The summed E-state index contributed by atoms with van der Waals surface area (Å²) < 4.78 is 11.1. The van der Waals surface area contributed by atoms with Crippen molar-refractivity contribution < 1.29 is 24.2 Å². The van der Waals surface area contributed by atoms with Crippen LogP contribution in [0.5, 0.6) is 5.75 Å². The van der Waals surface area contributed by atoms with Gasteiger partial charge in [0.05, 0.1) is 30.9 Å². The van der Waals surface area contributed by atoms with Crippen LogP contribution in [-0.4, -0.2) is 72.1 Å². The molecule has 1 aromatic heterocycles. The highest BCUT2D eigenvalue weighted by molar-refractivity contribution is 7.10. The van der Waals surface area contributed by atoms with E-state index in [1.54, 1.807) is 29.2 Å². The Morgan fingerprint density at radius 1 is 1.16 bits per heavy atom. The number of ether oxygens (including phenoxy) is 2. The number of nitrogens with zero attached hydrogens (tertiary/aromatic N) is 2. The maximum Gasteiger partial charge on any atom is 0.295 e. The molecule has 0 spiro atoms. The molecule has 0 radical (unpaired) electrons. The number of aliphatic hydroxyl groups excluding tert-OH is 1. The van der Waals surface area contributed by atoms with E-state index in [-0.39, 0.29) is 17.4 Å². The van der Waals surface area contributed by atoms with Gasteiger partial charge in [-0.2, -0.15) is 0 Å². The fourth-order valence-electron chi connectivity index (χ4n) is 4.05. The summed E-state index contributed by atoms with van der Waals surface area (Å²) in [5.74, 6) is -0.701. The lowest BCUT2D eigenvalue weighted by Crippen LogP contribution is -2.42. The van der Waals surface area contributed by atoms with Crippen LogP contribution in [0.1, 0.15) is 30.3 Å². The average molecular weight is 457 g/mol. The van der Waals surface area contributed by atoms with Gasteiger partial charge in [0.1, 0.15) is 11.5 Å². The zero-order valence-electron chi connectivity index (χ0n) is 18.3. The number of Topliss-reactive ketones (excluding diaryl/α,β-unsaturated/α-hetero) is 1. The summed E-state index contributed by atoms with van der Waals surface area (Å²) in [7, 11) is 0. The van der Waals surface area contributed by atoms with Crippen molar-refractivity contribution >= 4 is 28.8 Å². The molecule has 32 heavy (non-hydrogen) atoms. The summed E-state index contributed by atoms with van der Waals surface area (Å²) >= 11 is 1.47. The van der Waals surface area contributed by atoms with E-state index < -0.39 is 17.7 Å². The molecule has 1 N–H and O–H groups in total. The molecule has 1 aromatic carbocycles. The predicted octanol–water partition coefficient (Wildman–Crippen LogP) is 3.29. The monoisotopic (exact) mass is 456 g/mol. The number of carbonyl (C=O) groups is 2. The normalized spacial score (nSPS) is 21.5. The highest BCUT2D eigenvalue weighted by Crippen LogP contribution is 2.41. The third-order valence-corrected chi connectivity index (χ3v) is 6.54. The Kier molecular flexibility index (Phi) is 6.93. The van der Waals surface area contributed by atoms with E-state index in [9.17, 15) is 14.7 Å². The van der Waals surface area contributed by atoms with Gasteiger partial charge in [-0.3, -0.25) is 14.5 Å². The number of amides is 1. The third-order valence-electron chi connectivity index (χ3n) is 5.61. The molecular weight excluding hydrogens is 428 g/mol. The summed E-state index contributed by atoms with van der Waals surface area (Å²) in [5, 5.41) is 13.0. The highest BCUT2D eigenvalue weighted by Gasteiger charge is 2.46. The number of aliphatic hydroxyl groups is 1. The predicted molar refractivity (Wildman–Crippen MR) is 123 cm³/mol. The van der Waals surface area contributed by atoms with Crippen LogP contribution >= 0.6 is 11.3 Å². The van der Waals surface area contributed by atoms with Crippen LogP contribution < -0.4 is 4.74 Å². The quantitative estimate of drug-likeness (QED) is 0.391. The van der Waals surface area contributed by atoms with Crippen molar-refractivity contribution in [2.45, 2.75) is 26.0 Å². The second kappa shape index (κ2) is 9.85. The standard InChI is InChI=1S/C24H28N2O5S/c1-16(2)31-18-7-5-17(6-8-18)22(27)20-21(19-4-3-15-32-19)26(24(29)23(20)28)10-9-25-11-13-30-14-12-25/h3-8,15-16,21,27H,9-14H2,1-2H3/b22-20+/t21-/m0/s1. The van der Waals surface area contributed by atoms with E-state index in [4.69, 9.17) is 9.47 Å². The number of morpholine rings is 1. The van der Waals surface area contributed by atoms with Gasteiger partial charge in [0, 0.05) is 36.6 Å². The lowest BCUT2D eigenvalue weighted by atomic mass is 10.00. The molecule has 0 unspecified atom stereocenters. The van der Waals surface area contributed by atoms with Gasteiger partial charge in [-0.05, 0) is 49.6 Å². The molecule has 170 valence electrons. The van der Waals surface area contributed by atoms with Crippen LogP contribution in [0.15, 0.2) is 47.4 Å². The summed E-state index contributed by atoms with van der Waals surface area (Å²) in [4.78, 5) is 30.7. The topological polar surface area (TPSA) is 79.3 Å². The Labute approximate surface area is 191 Å². The molecule has 8 heteroatoms. The van der Waals surface area contributed by atoms with Gasteiger partial charge in [0.15, 0.2) is 0 Å². The van der Waals surface area contributed by atoms with E-state index >= 15 is 0 Å². The number of thiophene rings is 1. The van der Waals surface area contributed by atoms with Crippen molar-refractivity contribution in [3.8, 4) is 5.75 Å². The van der Waals surface area contributed by atoms with Gasteiger partial charge in [-0.15, -0.1) is 11.3 Å². The maximum absolute atomic E-state index is 13.0. The first-order valence-electron chi connectivity index (χ1n) is 10.8. The van der Waals surface area contributed by atoms with Gasteiger partial charge in [-0.1, -0.05) is 6.07 Å². The molecule has 2 aliphatic rings. The van der Waals surface area contributed by atoms with E-state index in [0.717, 1.165) is 18.0 Å². The van der Waals surface area contributed by atoms with Gasteiger partial charge < -0.3 is 19.5 Å². The highest BCUT2D eigenvalue weighted by atomic mass is 32.1. The van der Waals surface area contributed by atoms with Crippen LogP contribution in [0.2, 0.25) is 0 Å². The van der Waals surface area contributed by atoms with Crippen molar-refractivity contribution in [3.05, 3.63) is 57.8 Å². The molecule has 2 aliphatic heterocycles. The molecule has 4 rings (SSSR count). The van der Waals surface area contributed by atoms with Crippen LogP contribution in [0.25, 0.3) is 5.76 Å². The molecule has 0 saturated carbocycles. The maximum atomic E-state index is 13.0. The molecule has 0 aliphatic carbocycles. The number of benzene rings is 1. The first kappa shape index (κ1) is 22.5. The van der Waals surface area contributed by atoms with Gasteiger partial charge >= 0.3 is 0 Å². The molecular formula is C24H28N2O5S. The van der Waals surface area contributed by atoms with Gasteiger partial charge in [0.2, 0.25) is 0 Å². The molecule has 7 nitrogen and oxygen atoms in total.